The van der Waals surface area contributed by atoms with Gasteiger partial charge < -0.3 is 0 Å². The van der Waals surface area contributed by atoms with Gasteiger partial charge in [-0.2, -0.15) is 0 Å². The quantitative estimate of drug-likeness (QED) is 0.337. The summed E-state index contributed by atoms with van der Waals surface area (Å²) in [6.45, 7) is 4.81. The molecule has 0 spiro atoms. The Morgan fingerprint density at radius 3 is 1.69 bits per heavy atom. The topological polar surface area (TPSA) is 0 Å². The van der Waals surface area contributed by atoms with E-state index in [0.29, 0.717) is 0 Å². The number of benzene rings is 4. The Morgan fingerprint density at radius 1 is 0.655 bits per heavy atom. The summed E-state index contributed by atoms with van der Waals surface area (Å²) in [7, 11) is -0.615. The molecule has 0 fully saturated rings. The van der Waals surface area contributed by atoms with E-state index in [4.69, 9.17) is 11.8 Å². The first-order chi connectivity index (χ1) is 14.1. The van der Waals surface area contributed by atoms with Crippen LogP contribution in [0.1, 0.15) is 11.1 Å². The molecule has 0 nitrogen and oxygen atoms in total. The predicted molar refractivity (Wildman–Crippen MR) is 135 cm³/mol. The second-order valence-corrected chi connectivity index (χ2v) is 15.0. The van der Waals surface area contributed by atoms with Crippen LogP contribution in [0.2, 0.25) is 13.1 Å². The minimum atomic E-state index is -2.15. The fraction of sp³-hybridized carbons (Fsp3) is 0.154. The van der Waals surface area contributed by atoms with Crippen LogP contribution < -0.4 is 21.1 Å². The van der Waals surface area contributed by atoms with Gasteiger partial charge in [0.2, 0.25) is 0 Å². The Bertz CT molecular complexity index is 1190. The maximum absolute atomic E-state index is 6.70. The summed E-state index contributed by atoms with van der Waals surface area (Å²) >= 11 is 6.70. The van der Waals surface area contributed by atoms with Gasteiger partial charge >= 0.3 is 0 Å². The van der Waals surface area contributed by atoms with Crippen molar-refractivity contribution in [1.82, 2.24) is 0 Å². The van der Waals surface area contributed by atoms with Gasteiger partial charge in [0, 0.05) is 11.3 Å². The lowest BCUT2D eigenvalue weighted by Gasteiger charge is -2.27. The maximum atomic E-state index is 6.70. The minimum absolute atomic E-state index is 0.615. The highest BCUT2D eigenvalue weighted by atomic mass is 32.4. The molecule has 0 atom stereocenters. The van der Waals surface area contributed by atoms with Gasteiger partial charge in [-0.25, -0.2) is 0 Å². The first-order valence-corrected chi connectivity index (χ1v) is 15.5. The summed E-state index contributed by atoms with van der Waals surface area (Å²) in [5.41, 5.74) is 3.01. The van der Waals surface area contributed by atoms with Gasteiger partial charge in [0.25, 0.3) is 0 Å². The SMILES string of the molecule is C[Si](C)c1ccc2c3c(ccc(P(=S)(c4ccccc4)c4ccccc4)c13)CC2. The lowest BCUT2D eigenvalue weighted by molar-refractivity contribution is 1.02. The molecule has 4 aromatic carbocycles. The van der Waals surface area contributed by atoms with Gasteiger partial charge in [0.15, 0.2) is 0 Å². The molecule has 0 aromatic heterocycles. The lowest BCUT2D eigenvalue weighted by Crippen LogP contribution is -2.32. The molecule has 1 aliphatic carbocycles. The molecule has 0 saturated carbocycles. The smallest absolute Gasteiger partial charge is 0.0800 e. The van der Waals surface area contributed by atoms with Crippen LogP contribution in [0.5, 0.6) is 0 Å². The summed E-state index contributed by atoms with van der Waals surface area (Å²) in [6.07, 6.45) is 2.31. The average molecular weight is 428 g/mol. The van der Waals surface area contributed by atoms with E-state index >= 15 is 0 Å². The molecule has 0 N–H and O–H groups in total. The molecule has 4 aromatic rings. The summed E-state index contributed by atoms with van der Waals surface area (Å²) in [4.78, 5) is 0. The van der Waals surface area contributed by atoms with Crippen LogP contribution in [0.15, 0.2) is 84.9 Å². The van der Waals surface area contributed by atoms with E-state index in [-0.39, 0.29) is 0 Å². The highest BCUT2D eigenvalue weighted by Gasteiger charge is 2.30. The van der Waals surface area contributed by atoms with Crippen molar-refractivity contribution in [2.45, 2.75) is 25.9 Å². The van der Waals surface area contributed by atoms with E-state index in [1.165, 1.54) is 43.0 Å². The van der Waals surface area contributed by atoms with E-state index in [2.05, 4.69) is 98.0 Å². The normalized spacial score (nSPS) is 13.3. The fourth-order valence-electron chi connectivity index (χ4n) is 4.69. The number of rotatable bonds is 4. The summed E-state index contributed by atoms with van der Waals surface area (Å²) in [5.74, 6) is 0. The highest BCUT2D eigenvalue weighted by molar-refractivity contribution is 8.25. The summed E-state index contributed by atoms with van der Waals surface area (Å²) in [5, 5.41) is 8.47. The fourth-order valence-corrected chi connectivity index (χ4v) is 10.0. The van der Waals surface area contributed by atoms with Crippen molar-refractivity contribution in [2.24, 2.45) is 0 Å². The molecule has 5 rings (SSSR count). The zero-order chi connectivity index (χ0) is 20.0. The molecule has 1 aliphatic rings. The molecular formula is C26H24PSSi. The molecule has 0 bridgehead atoms. The first-order valence-electron chi connectivity index (χ1n) is 10.2. The third-order valence-electron chi connectivity index (χ3n) is 6.09. The molecule has 0 aliphatic heterocycles. The maximum Gasteiger partial charge on any atom is 0.0800 e. The largest absolute Gasteiger partial charge is 0.0826 e. The van der Waals surface area contributed by atoms with E-state index in [9.17, 15) is 0 Å². The van der Waals surface area contributed by atoms with Crippen molar-refractivity contribution in [1.29, 1.82) is 0 Å². The molecule has 29 heavy (non-hydrogen) atoms. The minimum Gasteiger partial charge on any atom is -0.0826 e. The van der Waals surface area contributed by atoms with Gasteiger partial charge in [-0.3, -0.25) is 0 Å². The predicted octanol–water partition coefficient (Wildman–Crippen LogP) is 4.66. The van der Waals surface area contributed by atoms with Crippen LogP contribution >= 0.6 is 6.04 Å². The third kappa shape index (κ3) is 2.97. The van der Waals surface area contributed by atoms with Crippen molar-refractivity contribution < 1.29 is 0 Å². The summed E-state index contributed by atoms with van der Waals surface area (Å²) in [6, 6.07) is 29.0. The molecule has 1 radical (unpaired) electrons. The van der Waals surface area contributed by atoms with Gasteiger partial charge in [-0.05, 0) is 45.4 Å². The number of hydrogen-bond donors (Lipinski definition) is 0. The van der Waals surface area contributed by atoms with Crippen molar-refractivity contribution in [3.05, 3.63) is 96.1 Å². The molecule has 0 unspecified atom stereocenters. The third-order valence-corrected chi connectivity index (χ3v) is 12.5. The van der Waals surface area contributed by atoms with E-state index in [0.717, 1.165) is 12.8 Å². The number of hydrogen-bond acceptors (Lipinski definition) is 1. The van der Waals surface area contributed by atoms with Crippen LogP contribution in [0, 0.1) is 0 Å². The Morgan fingerprint density at radius 2 is 1.17 bits per heavy atom. The Labute approximate surface area is 180 Å². The van der Waals surface area contributed by atoms with E-state index < -0.39 is 14.8 Å². The monoisotopic (exact) mass is 427 g/mol. The second kappa shape index (κ2) is 7.36. The second-order valence-electron chi connectivity index (χ2n) is 8.05. The standard InChI is InChI=1S/C26H24PSSi/c1-29(2)24-18-16-20-14-13-19-15-17-23(26(24)25(19)20)27(28,21-9-5-3-6-10-21)22-11-7-4-8-12-22/h3-12,15-18H,13-14H2,1-2H3. The van der Waals surface area contributed by atoms with Crippen molar-refractivity contribution in [2.75, 3.05) is 0 Å². The van der Waals surface area contributed by atoms with Gasteiger partial charge in [-0.15, -0.1) is 0 Å². The molecule has 3 heteroatoms. The Balaban J connectivity index is 1.94. The molecule has 143 valence electrons. The van der Waals surface area contributed by atoms with Crippen molar-refractivity contribution in [3.63, 3.8) is 0 Å². The van der Waals surface area contributed by atoms with Gasteiger partial charge in [0.1, 0.15) is 0 Å². The number of aryl methyl sites for hydroxylation is 2. The van der Waals surface area contributed by atoms with Crippen LogP contribution in [0.25, 0.3) is 10.8 Å². The molecule has 0 amide bonds. The van der Waals surface area contributed by atoms with Crippen LogP contribution in [-0.4, -0.2) is 8.80 Å². The van der Waals surface area contributed by atoms with Crippen LogP contribution in [0.4, 0.5) is 0 Å². The lowest BCUT2D eigenvalue weighted by atomic mass is 10.1. The zero-order valence-corrected chi connectivity index (χ0v) is 19.6. The van der Waals surface area contributed by atoms with E-state index in [1.54, 1.807) is 0 Å². The zero-order valence-electron chi connectivity index (χ0n) is 16.9. The van der Waals surface area contributed by atoms with Crippen LogP contribution in [-0.2, 0) is 24.6 Å². The highest BCUT2D eigenvalue weighted by Crippen LogP contribution is 2.46. The first kappa shape index (κ1) is 19.0. The van der Waals surface area contributed by atoms with Crippen LogP contribution in [0.3, 0.4) is 0 Å². The van der Waals surface area contributed by atoms with E-state index in [1.807, 2.05) is 0 Å². The van der Waals surface area contributed by atoms with Gasteiger partial charge in [0.05, 0.1) is 8.80 Å². The molecule has 0 heterocycles. The van der Waals surface area contributed by atoms with Crippen molar-refractivity contribution in [3.8, 4) is 0 Å². The Hall–Kier alpha value is -1.99. The molecule has 0 saturated heterocycles. The summed E-state index contributed by atoms with van der Waals surface area (Å²) < 4.78 is 0. The average Bonchev–Trinajstić information content (AvgIpc) is 3.19. The van der Waals surface area contributed by atoms with Crippen molar-refractivity contribution >= 4 is 58.5 Å². The Kier molecular flexibility index (Phi) is 4.82. The van der Waals surface area contributed by atoms with Gasteiger partial charge in [-0.1, -0.05) is 115 Å². The molecular weight excluding hydrogens is 403 g/mol.